The van der Waals surface area contributed by atoms with Gasteiger partial charge in [-0.3, -0.25) is 0 Å². The molecule has 1 aromatic carbocycles. The molecule has 5 nitrogen and oxygen atoms in total. The summed E-state index contributed by atoms with van der Waals surface area (Å²) in [6.45, 7) is 4.51. The van der Waals surface area contributed by atoms with Gasteiger partial charge < -0.3 is 9.47 Å². The van der Waals surface area contributed by atoms with E-state index < -0.39 is 0 Å². The molecule has 5 heteroatoms. The zero-order valence-electron chi connectivity index (χ0n) is 15.1. The fourth-order valence-electron chi connectivity index (χ4n) is 2.46. The smallest absolute Gasteiger partial charge is 0.330 e. The minimum Gasteiger partial charge on any atom is -0.490 e. The minimum atomic E-state index is -0.345. The summed E-state index contributed by atoms with van der Waals surface area (Å²) in [5, 5.41) is 0. The number of hydrogen-bond donors (Lipinski definition) is 0. The van der Waals surface area contributed by atoms with E-state index in [1.807, 2.05) is 30.3 Å². The average molecular weight is 354 g/mol. The van der Waals surface area contributed by atoms with Gasteiger partial charge >= 0.3 is 5.97 Å². The van der Waals surface area contributed by atoms with E-state index in [0.717, 1.165) is 44.1 Å². The largest absolute Gasteiger partial charge is 0.490 e. The first-order chi connectivity index (χ1) is 12.8. The van der Waals surface area contributed by atoms with E-state index in [4.69, 9.17) is 9.47 Å². The van der Waals surface area contributed by atoms with Crippen molar-refractivity contribution >= 4 is 5.97 Å². The monoisotopic (exact) mass is 354 g/mol. The predicted octanol–water partition coefficient (Wildman–Crippen LogP) is 4.59. The molecule has 0 saturated heterocycles. The summed E-state index contributed by atoms with van der Waals surface area (Å²) in [5.74, 6) is 1.06. The molecule has 0 saturated carbocycles. The van der Waals surface area contributed by atoms with Gasteiger partial charge in [-0.1, -0.05) is 62.6 Å². The van der Waals surface area contributed by atoms with E-state index in [1.54, 1.807) is 12.4 Å². The number of rotatable bonds is 12. The first-order valence-electron chi connectivity index (χ1n) is 9.09. The lowest BCUT2D eigenvalue weighted by atomic mass is 10.1. The average Bonchev–Trinajstić information content (AvgIpc) is 2.70. The highest BCUT2D eigenvalue weighted by Gasteiger charge is 2.01. The first kappa shape index (κ1) is 19.6. The molecule has 0 N–H and O–H groups in total. The highest BCUT2D eigenvalue weighted by molar-refractivity contribution is 5.81. The summed E-state index contributed by atoms with van der Waals surface area (Å²) in [7, 11) is 0. The Labute approximate surface area is 155 Å². The highest BCUT2D eigenvalue weighted by atomic mass is 16.5. The SMILES string of the molecule is C=CC(=O)OCCCCCCCCOc1cnc(-c2ccccc2)nc1. The van der Waals surface area contributed by atoms with Crippen molar-refractivity contribution in [1.29, 1.82) is 0 Å². The van der Waals surface area contributed by atoms with Gasteiger partial charge in [0.05, 0.1) is 25.6 Å². The van der Waals surface area contributed by atoms with Crippen LogP contribution in [0.2, 0.25) is 0 Å². The summed E-state index contributed by atoms with van der Waals surface area (Å²) in [4.78, 5) is 19.6. The van der Waals surface area contributed by atoms with Gasteiger partial charge in [-0.25, -0.2) is 14.8 Å². The van der Waals surface area contributed by atoms with Gasteiger partial charge in [-0.15, -0.1) is 0 Å². The Bertz CT molecular complexity index is 657. The molecule has 0 aliphatic rings. The molecule has 0 aliphatic carbocycles. The minimum absolute atomic E-state index is 0.345. The lowest BCUT2D eigenvalue weighted by Crippen LogP contribution is -2.01. The van der Waals surface area contributed by atoms with Crippen molar-refractivity contribution in [3.63, 3.8) is 0 Å². The van der Waals surface area contributed by atoms with Crippen LogP contribution in [0.1, 0.15) is 38.5 Å². The van der Waals surface area contributed by atoms with Gasteiger partial charge in [0.25, 0.3) is 0 Å². The highest BCUT2D eigenvalue weighted by Crippen LogP contribution is 2.16. The molecule has 0 unspecified atom stereocenters. The van der Waals surface area contributed by atoms with Crippen LogP contribution in [0.4, 0.5) is 0 Å². The standard InChI is InChI=1S/C21H26N2O3/c1-2-20(24)26-15-11-6-4-3-5-10-14-25-19-16-22-21(23-17-19)18-12-8-7-9-13-18/h2,7-9,12-13,16-17H,1,3-6,10-11,14-15H2. The van der Waals surface area contributed by atoms with Crippen LogP contribution in [-0.2, 0) is 9.53 Å². The van der Waals surface area contributed by atoms with Crippen molar-refractivity contribution in [1.82, 2.24) is 9.97 Å². The molecule has 0 aliphatic heterocycles. The van der Waals surface area contributed by atoms with Crippen LogP contribution < -0.4 is 4.74 Å². The Morgan fingerprint density at radius 2 is 1.54 bits per heavy atom. The molecule has 26 heavy (non-hydrogen) atoms. The summed E-state index contributed by atoms with van der Waals surface area (Å²) >= 11 is 0. The molecule has 0 fully saturated rings. The zero-order valence-corrected chi connectivity index (χ0v) is 15.1. The molecule has 0 atom stereocenters. The van der Waals surface area contributed by atoms with Crippen molar-refractivity contribution in [2.75, 3.05) is 13.2 Å². The summed E-state index contributed by atoms with van der Waals surface area (Å²) in [6, 6.07) is 9.88. The van der Waals surface area contributed by atoms with Crippen LogP contribution in [0.3, 0.4) is 0 Å². The van der Waals surface area contributed by atoms with Crippen molar-refractivity contribution in [3.8, 4) is 17.1 Å². The maximum absolute atomic E-state index is 10.9. The quantitative estimate of drug-likeness (QED) is 0.317. The van der Waals surface area contributed by atoms with Gasteiger partial charge in [0.15, 0.2) is 11.6 Å². The summed E-state index contributed by atoms with van der Waals surface area (Å²) in [5.41, 5.74) is 0.998. The number of unbranched alkanes of at least 4 members (excludes halogenated alkanes) is 5. The van der Waals surface area contributed by atoms with Gasteiger partial charge in [0.2, 0.25) is 0 Å². The summed E-state index contributed by atoms with van der Waals surface area (Å²) in [6.07, 6.45) is 11.0. The first-order valence-corrected chi connectivity index (χ1v) is 9.09. The number of carbonyl (C=O) groups excluding carboxylic acids is 1. The second kappa shape index (κ2) is 11.8. The number of carbonyl (C=O) groups is 1. The molecular formula is C21H26N2O3. The number of hydrogen-bond acceptors (Lipinski definition) is 5. The molecule has 0 spiro atoms. The Kier molecular flexibility index (Phi) is 8.90. The van der Waals surface area contributed by atoms with Gasteiger partial charge in [0.1, 0.15) is 0 Å². The molecule has 2 aromatic rings. The molecular weight excluding hydrogens is 328 g/mol. The predicted molar refractivity (Wildman–Crippen MR) is 102 cm³/mol. The summed E-state index contributed by atoms with van der Waals surface area (Å²) < 4.78 is 10.6. The third kappa shape index (κ3) is 7.47. The van der Waals surface area contributed by atoms with Crippen molar-refractivity contribution in [2.45, 2.75) is 38.5 Å². The van der Waals surface area contributed by atoms with Crippen molar-refractivity contribution < 1.29 is 14.3 Å². The maximum Gasteiger partial charge on any atom is 0.330 e. The Morgan fingerprint density at radius 1 is 0.923 bits per heavy atom. The van der Waals surface area contributed by atoms with Crippen LogP contribution in [0, 0.1) is 0 Å². The Hall–Kier alpha value is -2.69. The Morgan fingerprint density at radius 3 is 2.19 bits per heavy atom. The fraction of sp³-hybridized carbons (Fsp3) is 0.381. The van der Waals surface area contributed by atoms with E-state index in [9.17, 15) is 4.79 Å². The molecule has 0 amide bonds. The molecule has 0 bridgehead atoms. The molecule has 0 radical (unpaired) electrons. The van der Waals surface area contributed by atoms with Crippen LogP contribution in [0.15, 0.2) is 55.4 Å². The topological polar surface area (TPSA) is 61.3 Å². The van der Waals surface area contributed by atoms with E-state index in [2.05, 4.69) is 16.5 Å². The normalized spacial score (nSPS) is 10.3. The molecule has 1 heterocycles. The van der Waals surface area contributed by atoms with E-state index in [0.29, 0.717) is 24.8 Å². The van der Waals surface area contributed by atoms with E-state index >= 15 is 0 Å². The third-order valence-corrected chi connectivity index (χ3v) is 3.88. The van der Waals surface area contributed by atoms with Crippen LogP contribution in [-0.4, -0.2) is 29.2 Å². The van der Waals surface area contributed by atoms with Crippen molar-refractivity contribution in [3.05, 3.63) is 55.4 Å². The van der Waals surface area contributed by atoms with Crippen LogP contribution in [0.25, 0.3) is 11.4 Å². The number of benzene rings is 1. The number of nitrogens with zero attached hydrogens (tertiary/aromatic N) is 2. The number of aromatic nitrogens is 2. The van der Waals surface area contributed by atoms with Gasteiger partial charge in [-0.2, -0.15) is 0 Å². The molecule has 1 aromatic heterocycles. The second-order valence-electron chi connectivity index (χ2n) is 5.95. The fourth-order valence-corrected chi connectivity index (χ4v) is 2.46. The molecule has 138 valence electrons. The number of ether oxygens (including phenoxy) is 2. The Balaban J connectivity index is 1.51. The van der Waals surface area contributed by atoms with E-state index in [1.165, 1.54) is 6.08 Å². The van der Waals surface area contributed by atoms with E-state index in [-0.39, 0.29) is 5.97 Å². The lowest BCUT2D eigenvalue weighted by molar-refractivity contribution is -0.137. The maximum atomic E-state index is 10.9. The van der Waals surface area contributed by atoms with Gasteiger partial charge in [0, 0.05) is 11.6 Å². The third-order valence-electron chi connectivity index (χ3n) is 3.88. The zero-order chi connectivity index (χ0) is 18.5. The van der Waals surface area contributed by atoms with Crippen LogP contribution >= 0.6 is 0 Å². The second-order valence-corrected chi connectivity index (χ2v) is 5.95. The lowest BCUT2D eigenvalue weighted by Gasteiger charge is -2.06. The molecule has 2 rings (SSSR count). The van der Waals surface area contributed by atoms with Gasteiger partial charge in [-0.05, 0) is 12.8 Å². The number of esters is 1. The van der Waals surface area contributed by atoms with Crippen LogP contribution in [0.5, 0.6) is 5.75 Å². The van der Waals surface area contributed by atoms with Crippen molar-refractivity contribution in [2.24, 2.45) is 0 Å².